The van der Waals surface area contributed by atoms with Crippen molar-refractivity contribution in [3.8, 4) is 0 Å². The fourth-order valence-electron chi connectivity index (χ4n) is 3.82. The minimum Gasteiger partial charge on any atom is -0.366 e. The molecule has 2 saturated heterocycles. The Morgan fingerprint density at radius 3 is 2.32 bits per heavy atom. The predicted molar refractivity (Wildman–Crippen MR) is 93.0 cm³/mol. The molecule has 1 aromatic rings. The summed E-state index contributed by atoms with van der Waals surface area (Å²) in [6, 6.07) is 3.53. The molecule has 25 heavy (non-hydrogen) atoms. The number of likely N-dealkylation sites (tertiary alicyclic amines) is 1. The van der Waals surface area contributed by atoms with Crippen molar-refractivity contribution in [2.75, 3.05) is 31.1 Å². The molecule has 3 rings (SSSR count). The highest BCUT2D eigenvalue weighted by Gasteiger charge is 2.31. The number of hydrogen-bond donors (Lipinski definition) is 0. The van der Waals surface area contributed by atoms with E-state index in [2.05, 4.69) is 0 Å². The predicted octanol–water partition coefficient (Wildman–Crippen LogP) is 3.35. The molecule has 2 heterocycles. The van der Waals surface area contributed by atoms with Gasteiger partial charge in [0.1, 0.15) is 11.5 Å². The van der Waals surface area contributed by atoms with Crippen molar-refractivity contribution in [3.63, 3.8) is 0 Å². The van der Waals surface area contributed by atoms with Crippen LogP contribution in [-0.4, -0.2) is 41.9 Å². The zero-order valence-electron chi connectivity index (χ0n) is 14.3. The number of piperidine rings is 1. The number of halogens is 1. The molecule has 136 valence electrons. The molecule has 0 radical (unpaired) electrons. The fourth-order valence-corrected chi connectivity index (χ4v) is 3.82. The van der Waals surface area contributed by atoms with Gasteiger partial charge in [-0.15, -0.1) is 0 Å². The lowest BCUT2D eigenvalue weighted by Gasteiger charge is -2.35. The summed E-state index contributed by atoms with van der Waals surface area (Å²) < 4.78 is 13.5. The van der Waals surface area contributed by atoms with Gasteiger partial charge in [0.25, 0.3) is 5.69 Å². The normalized spacial score (nSPS) is 19.6. The SMILES string of the molecule is O=C(C1CCN(c2cc(F)ccc2[N+](=O)[O-])CC1)N1CCCCCC1. The van der Waals surface area contributed by atoms with Crippen molar-refractivity contribution < 1.29 is 14.1 Å². The van der Waals surface area contributed by atoms with Crippen LogP contribution in [-0.2, 0) is 4.79 Å². The molecule has 2 aliphatic heterocycles. The Labute approximate surface area is 146 Å². The standard InChI is InChI=1S/C18H24FN3O3/c19-15-5-6-16(22(24)25)17(13-15)20-11-7-14(8-12-20)18(23)21-9-3-1-2-4-10-21/h5-6,13-14H,1-4,7-12H2. The first-order valence-corrected chi connectivity index (χ1v) is 9.04. The second kappa shape index (κ2) is 7.80. The third-order valence-corrected chi connectivity index (χ3v) is 5.24. The van der Waals surface area contributed by atoms with Crippen LogP contribution < -0.4 is 4.90 Å². The molecule has 0 unspecified atom stereocenters. The van der Waals surface area contributed by atoms with Crippen LogP contribution >= 0.6 is 0 Å². The maximum atomic E-state index is 13.5. The zero-order chi connectivity index (χ0) is 17.8. The maximum absolute atomic E-state index is 13.5. The Balaban J connectivity index is 1.65. The summed E-state index contributed by atoms with van der Waals surface area (Å²) in [5.41, 5.74) is 0.226. The van der Waals surface area contributed by atoms with E-state index in [4.69, 9.17) is 0 Å². The van der Waals surface area contributed by atoms with Gasteiger partial charge in [0.05, 0.1) is 4.92 Å². The van der Waals surface area contributed by atoms with Crippen molar-refractivity contribution in [1.82, 2.24) is 4.90 Å². The Morgan fingerprint density at radius 1 is 1.08 bits per heavy atom. The lowest BCUT2D eigenvalue weighted by molar-refractivity contribution is -0.384. The second-order valence-electron chi connectivity index (χ2n) is 6.89. The number of rotatable bonds is 3. The first-order valence-electron chi connectivity index (χ1n) is 9.04. The van der Waals surface area contributed by atoms with Gasteiger partial charge in [0, 0.05) is 44.2 Å². The van der Waals surface area contributed by atoms with Gasteiger partial charge in [-0.05, 0) is 31.7 Å². The molecule has 0 aliphatic carbocycles. The monoisotopic (exact) mass is 349 g/mol. The summed E-state index contributed by atoms with van der Waals surface area (Å²) in [5.74, 6) is -0.291. The third-order valence-electron chi connectivity index (χ3n) is 5.24. The first kappa shape index (κ1) is 17.6. The van der Waals surface area contributed by atoms with Crippen LogP contribution in [0.1, 0.15) is 38.5 Å². The number of nitro benzene ring substituents is 1. The lowest BCUT2D eigenvalue weighted by atomic mass is 9.94. The number of hydrogen-bond acceptors (Lipinski definition) is 4. The molecule has 0 atom stereocenters. The van der Waals surface area contributed by atoms with Gasteiger partial charge in [0.2, 0.25) is 5.91 Å². The molecule has 2 aliphatic rings. The highest BCUT2D eigenvalue weighted by atomic mass is 19.1. The summed E-state index contributed by atoms with van der Waals surface area (Å²) in [6.07, 6.45) is 5.82. The maximum Gasteiger partial charge on any atom is 0.292 e. The summed E-state index contributed by atoms with van der Waals surface area (Å²) in [5, 5.41) is 11.2. The number of carbonyl (C=O) groups excluding carboxylic acids is 1. The van der Waals surface area contributed by atoms with Gasteiger partial charge in [-0.1, -0.05) is 12.8 Å². The van der Waals surface area contributed by atoms with Crippen molar-refractivity contribution in [1.29, 1.82) is 0 Å². The molecule has 6 nitrogen and oxygen atoms in total. The Kier molecular flexibility index (Phi) is 5.50. The van der Waals surface area contributed by atoms with Gasteiger partial charge >= 0.3 is 0 Å². The smallest absolute Gasteiger partial charge is 0.292 e. The Bertz CT molecular complexity index is 636. The second-order valence-corrected chi connectivity index (χ2v) is 6.89. The Hall–Kier alpha value is -2.18. The van der Waals surface area contributed by atoms with E-state index in [0.717, 1.165) is 32.0 Å². The average molecular weight is 349 g/mol. The quantitative estimate of drug-likeness (QED) is 0.620. The van der Waals surface area contributed by atoms with E-state index in [1.54, 1.807) is 0 Å². The number of nitro groups is 1. The van der Waals surface area contributed by atoms with Gasteiger partial charge in [0.15, 0.2) is 0 Å². The van der Waals surface area contributed by atoms with Gasteiger partial charge in [-0.2, -0.15) is 0 Å². The van der Waals surface area contributed by atoms with E-state index in [0.29, 0.717) is 31.6 Å². The minimum atomic E-state index is -0.483. The van der Waals surface area contributed by atoms with Crippen LogP contribution in [0, 0.1) is 21.8 Å². The van der Waals surface area contributed by atoms with Gasteiger partial charge in [-0.3, -0.25) is 14.9 Å². The van der Waals surface area contributed by atoms with E-state index in [1.165, 1.54) is 25.0 Å². The molecule has 1 amide bonds. The minimum absolute atomic E-state index is 0.0260. The molecule has 1 aromatic carbocycles. The van der Waals surface area contributed by atoms with E-state index >= 15 is 0 Å². The van der Waals surface area contributed by atoms with Crippen LogP contribution in [0.3, 0.4) is 0 Å². The van der Waals surface area contributed by atoms with Crippen LogP contribution in [0.2, 0.25) is 0 Å². The molecule has 0 aromatic heterocycles. The highest BCUT2D eigenvalue weighted by molar-refractivity contribution is 5.79. The van der Waals surface area contributed by atoms with E-state index in [-0.39, 0.29) is 17.5 Å². The van der Waals surface area contributed by atoms with Crippen LogP contribution in [0.5, 0.6) is 0 Å². The molecule has 2 fully saturated rings. The molecule has 7 heteroatoms. The summed E-state index contributed by atoms with van der Waals surface area (Å²) in [7, 11) is 0. The molecule has 0 saturated carbocycles. The molecule has 0 bridgehead atoms. The van der Waals surface area contributed by atoms with Crippen molar-refractivity contribution >= 4 is 17.3 Å². The third kappa shape index (κ3) is 4.08. The first-order chi connectivity index (χ1) is 12.1. The fraction of sp³-hybridized carbons (Fsp3) is 0.611. The van der Waals surface area contributed by atoms with Crippen molar-refractivity contribution in [2.24, 2.45) is 5.92 Å². The van der Waals surface area contributed by atoms with E-state index in [1.807, 2.05) is 9.80 Å². The molecule has 0 spiro atoms. The molecule has 0 N–H and O–H groups in total. The van der Waals surface area contributed by atoms with Gasteiger partial charge < -0.3 is 9.80 Å². The number of nitrogens with zero attached hydrogens (tertiary/aromatic N) is 3. The summed E-state index contributed by atoms with van der Waals surface area (Å²) in [6.45, 7) is 2.76. The largest absolute Gasteiger partial charge is 0.366 e. The Morgan fingerprint density at radius 2 is 1.72 bits per heavy atom. The van der Waals surface area contributed by atoms with Gasteiger partial charge in [-0.25, -0.2) is 4.39 Å². The number of amides is 1. The molecular formula is C18H24FN3O3. The molecular weight excluding hydrogens is 325 g/mol. The number of benzene rings is 1. The summed E-state index contributed by atoms with van der Waals surface area (Å²) >= 11 is 0. The highest BCUT2D eigenvalue weighted by Crippen LogP contribution is 2.32. The number of carbonyl (C=O) groups is 1. The van der Waals surface area contributed by atoms with Crippen molar-refractivity contribution in [2.45, 2.75) is 38.5 Å². The van der Waals surface area contributed by atoms with E-state index < -0.39 is 10.7 Å². The van der Waals surface area contributed by atoms with Crippen molar-refractivity contribution in [3.05, 3.63) is 34.1 Å². The van der Waals surface area contributed by atoms with Crippen LogP contribution in [0.25, 0.3) is 0 Å². The lowest BCUT2D eigenvalue weighted by Crippen LogP contribution is -2.43. The zero-order valence-corrected chi connectivity index (χ0v) is 14.3. The van der Waals surface area contributed by atoms with Crippen LogP contribution in [0.4, 0.5) is 15.8 Å². The van der Waals surface area contributed by atoms with Crippen LogP contribution in [0.15, 0.2) is 18.2 Å². The van der Waals surface area contributed by atoms with E-state index in [9.17, 15) is 19.3 Å². The topological polar surface area (TPSA) is 66.7 Å². The number of anilines is 1. The average Bonchev–Trinajstić information content (AvgIpc) is 2.90. The summed E-state index contributed by atoms with van der Waals surface area (Å²) in [4.78, 5) is 27.2.